The van der Waals surface area contributed by atoms with E-state index in [0.29, 0.717) is 0 Å². The minimum atomic E-state index is 1.12. The third-order valence-corrected chi connectivity index (χ3v) is 4.52. The van der Waals surface area contributed by atoms with Gasteiger partial charge in [0.25, 0.3) is 0 Å². The van der Waals surface area contributed by atoms with Crippen LogP contribution in [0.1, 0.15) is 0 Å². The number of rotatable bonds is 0. The van der Waals surface area contributed by atoms with E-state index in [-0.39, 0.29) is 0 Å². The average molecular weight is 387 g/mol. The van der Waals surface area contributed by atoms with Gasteiger partial charge in [-0.1, -0.05) is 0 Å². The van der Waals surface area contributed by atoms with Gasteiger partial charge in [-0.05, 0) is 57.3 Å². The fraction of sp³-hybridized carbons (Fsp3) is 0. The summed E-state index contributed by atoms with van der Waals surface area (Å²) in [6.45, 7) is 0. The maximum atomic E-state index is 4.26. The molecule has 11 heavy (non-hydrogen) atoms. The second-order valence-electron chi connectivity index (χ2n) is 2.06. The number of aromatic nitrogens is 1. The quantitative estimate of drug-likeness (QED) is 0.631. The molecule has 1 nitrogen and oxygen atoms in total. The lowest BCUT2D eigenvalue weighted by atomic mass is 10.4. The van der Waals surface area contributed by atoms with E-state index in [4.69, 9.17) is 0 Å². The molecular weight excluding hydrogens is 384 g/mol. The number of nitrogens with zero attached hydrogens (tertiary/aromatic N) is 1. The molecule has 0 aromatic carbocycles. The van der Waals surface area contributed by atoms with Gasteiger partial charge in [-0.25, -0.2) is 0 Å². The monoisotopic (exact) mass is 387 g/mol. The Balaban J connectivity index is 2.90. The predicted molar refractivity (Wildman–Crippen MR) is 65.1 cm³/mol. The van der Waals surface area contributed by atoms with Crippen LogP contribution in [0.5, 0.6) is 0 Å². The molecular formula is C7H3I2NS. The number of pyridine rings is 1. The van der Waals surface area contributed by atoms with E-state index in [0.717, 1.165) is 5.52 Å². The van der Waals surface area contributed by atoms with Crippen LogP contribution in [0, 0.1) is 6.45 Å². The molecule has 0 spiro atoms. The summed E-state index contributed by atoms with van der Waals surface area (Å²) in [7, 11) is 0. The van der Waals surface area contributed by atoms with Gasteiger partial charge in [0.15, 0.2) is 0 Å². The number of hydrogen-bond donors (Lipinski definition) is 0. The van der Waals surface area contributed by atoms with Crippen molar-refractivity contribution >= 4 is 66.7 Å². The Hall–Kier alpha value is 0.570. The molecule has 2 rings (SSSR count). The molecule has 0 saturated heterocycles. The van der Waals surface area contributed by atoms with Crippen molar-refractivity contribution in [2.24, 2.45) is 0 Å². The summed E-state index contributed by atoms with van der Waals surface area (Å²) in [4.78, 5) is 4.26. The van der Waals surface area contributed by atoms with Crippen LogP contribution in [0.2, 0.25) is 0 Å². The summed E-state index contributed by atoms with van der Waals surface area (Å²) in [5.74, 6) is 0. The standard InChI is InChI=1S/C7H3I2NS/c8-4-1-2-10-5-3-6(9)11-7(4)5/h1-3H. The van der Waals surface area contributed by atoms with Crippen molar-refractivity contribution in [2.45, 2.75) is 0 Å². The zero-order valence-corrected chi connectivity index (χ0v) is 10.5. The fourth-order valence-electron chi connectivity index (χ4n) is 0.878. The molecule has 0 N–H and O–H groups in total. The van der Waals surface area contributed by atoms with E-state index >= 15 is 0 Å². The van der Waals surface area contributed by atoms with Crippen molar-refractivity contribution in [2.75, 3.05) is 0 Å². The number of hydrogen-bond acceptors (Lipinski definition) is 2. The Labute approximate surface area is 95.5 Å². The Bertz CT molecular complexity index is 396. The highest BCUT2D eigenvalue weighted by atomic mass is 127. The fourth-order valence-corrected chi connectivity index (χ4v) is 3.35. The first-order valence-corrected chi connectivity index (χ1v) is 5.94. The Kier molecular flexibility index (Phi) is 2.33. The third-order valence-electron chi connectivity index (χ3n) is 1.33. The molecule has 2 aromatic heterocycles. The van der Waals surface area contributed by atoms with Gasteiger partial charge in [0.1, 0.15) is 0 Å². The number of halogens is 2. The van der Waals surface area contributed by atoms with E-state index in [9.17, 15) is 0 Å². The lowest BCUT2D eigenvalue weighted by molar-refractivity contribution is 1.42. The Morgan fingerprint density at radius 2 is 2.18 bits per heavy atom. The number of fused-ring (bicyclic) bond motifs is 1. The van der Waals surface area contributed by atoms with Gasteiger partial charge in [-0.3, -0.25) is 4.98 Å². The predicted octanol–water partition coefficient (Wildman–Crippen LogP) is 3.51. The van der Waals surface area contributed by atoms with Crippen LogP contribution in [-0.4, -0.2) is 4.98 Å². The molecule has 0 aliphatic heterocycles. The van der Waals surface area contributed by atoms with Crippen LogP contribution in [0.15, 0.2) is 18.3 Å². The Morgan fingerprint density at radius 1 is 1.36 bits per heavy atom. The van der Waals surface area contributed by atoms with Crippen molar-refractivity contribution in [3.63, 3.8) is 0 Å². The van der Waals surface area contributed by atoms with Gasteiger partial charge in [0.2, 0.25) is 0 Å². The molecule has 0 amide bonds. The van der Waals surface area contributed by atoms with Crippen molar-refractivity contribution < 1.29 is 0 Å². The first kappa shape index (κ1) is 8.18. The van der Waals surface area contributed by atoms with E-state index < -0.39 is 0 Å². The summed E-state index contributed by atoms with van der Waals surface area (Å²) < 4.78 is 3.90. The first-order valence-electron chi connectivity index (χ1n) is 2.97. The molecule has 2 heterocycles. The molecule has 0 aliphatic carbocycles. The molecule has 0 fully saturated rings. The summed E-state index contributed by atoms with van der Waals surface area (Å²) >= 11 is 6.46. The molecule has 0 saturated carbocycles. The van der Waals surface area contributed by atoms with Crippen LogP contribution >= 0.6 is 56.5 Å². The van der Waals surface area contributed by atoms with Gasteiger partial charge >= 0.3 is 0 Å². The minimum Gasteiger partial charge on any atom is -0.255 e. The molecule has 4 heteroatoms. The summed E-state index contributed by atoms with van der Waals surface area (Å²) in [6, 6.07) is 4.15. The topological polar surface area (TPSA) is 12.9 Å². The van der Waals surface area contributed by atoms with E-state index in [1.165, 1.54) is 11.2 Å². The van der Waals surface area contributed by atoms with Crippen molar-refractivity contribution in [1.82, 2.24) is 4.98 Å². The van der Waals surface area contributed by atoms with Crippen LogP contribution in [0.4, 0.5) is 0 Å². The van der Waals surface area contributed by atoms with Crippen LogP contribution in [-0.2, 0) is 0 Å². The highest BCUT2D eigenvalue weighted by Crippen LogP contribution is 2.28. The first-order chi connectivity index (χ1) is 5.27. The van der Waals surface area contributed by atoms with E-state index in [1.54, 1.807) is 11.3 Å². The maximum Gasteiger partial charge on any atom is 0.0831 e. The largest absolute Gasteiger partial charge is 0.255 e. The lowest BCUT2D eigenvalue weighted by Crippen LogP contribution is -1.73. The average Bonchev–Trinajstić information content (AvgIpc) is 2.31. The molecule has 0 atom stereocenters. The summed E-state index contributed by atoms with van der Waals surface area (Å²) in [5.41, 5.74) is 1.12. The van der Waals surface area contributed by atoms with Crippen molar-refractivity contribution in [3.8, 4) is 0 Å². The van der Waals surface area contributed by atoms with E-state index in [1.807, 2.05) is 12.3 Å². The van der Waals surface area contributed by atoms with Crippen LogP contribution in [0.25, 0.3) is 10.2 Å². The molecule has 0 radical (unpaired) electrons. The molecule has 0 aliphatic rings. The highest BCUT2D eigenvalue weighted by molar-refractivity contribution is 14.1. The van der Waals surface area contributed by atoms with Crippen LogP contribution in [0.3, 0.4) is 0 Å². The number of thiophene rings is 1. The lowest BCUT2D eigenvalue weighted by Gasteiger charge is -1.89. The van der Waals surface area contributed by atoms with Crippen LogP contribution < -0.4 is 0 Å². The normalized spacial score (nSPS) is 10.7. The SMILES string of the molecule is Ic1cc2nccc(I)c2s1. The van der Waals surface area contributed by atoms with Gasteiger partial charge in [0, 0.05) is 9.77 Å². The zero-order valence-electron chi connectivity index (χ0n) is 5.34. The van der Waals surface area contributed by atoms with Gasteiger partial charge in [-0.15, -0.1) is 11.3 Å². The van der Waals surface area contributed by atoms with Gasteiger partial charge in [0.05, 0.1) is 13.1 Å². The van der Waals surface area contributed by atoms with Crippen molar-refractivity contribution in [1.29, 1.82) is 0 Å². The second kappa shape index (κ2) is 3.14. The zero-order chi connectivity index (χ0) is 7.84. The molecule has 0 unspecified atom stereocenters. The summed E-state index contributed by atoms with van der Waals surface area (Å²) in [6.07, 6.45) is 1.85. The molecule has 2 aromatic rings. The van der Waals surface area contributed by atoms with Gasteiger partial charge in [-0.2, -0.15) is 0 Å². The van der Waals surface area contributed by atoms with Gasteiger partial charge < -0.3 is 0 Å². The Morgan fingerprint density at radius 3 is 2.91 bits per heavy atom. The molecule has 0 bridgehead atoms. The second-order valence-corrected chi connectivity index (χ2v) is 6.17. The summed E-state index contributed by atoms with van der Waals surface area (Å²) in [5, 5.41) is 0. The smallest absolute Gasteiger partial charge is 0.0831 e. The minimum absolute atomic E-state index is 1.12. The molecule has 56 valence electrons. The third kappa shape index (κ3) is 1.52. The highest BCUT2D eigenvalue weighted by Gasteiger charge is 2.02. The van der Waals surface area contributed by atoms with E-state index in [2.05, 4.69) is 56.2 Å². The van der Waals surface area contributed by atoms with Crippen molar-refractivity contribution in [3.05, 3.63) is 24.8 Å². The maximum absolute atomic E-state index is 4.26.